The number of carbonyl (C=O) groups is 1. The van der Waals surface area contributed by atoms with E-state index in [-0.39, 0.29) is 11.7 Å². The predicted molar refractivity (Wildman–Crippen MR) is 102 cm³/mol. The van der Waals surface area contributed by atoms with E-state index >= 15 is 0 Å². The van der Waals surface area contributed by atoms with E-state index in [2.05, 4.69) is 10.3 Å². The maximum atomic E-state index is 13.0. The van der Waals surface area contributed by atoms with E-state index in [1.165, 1.54) is 24.3 Å². The summed E-state index contributed by atoms with van der Waals surface area (Å²) >= 11 is 0. The zero-order chi connectivity index (χ0) is 19.5. The number of hydrogen-bond acceptors (Lipinski definition) is 5. The molecular formula is C21H25FN4O2. The highest BCUT2D eigenvalue weighted by Gasteiger charge is 2.28. The average Bonchev–Trinajstić information content (AvgIpc) is 2.74. The number of aromatic nitrogens is 2. The summed E-state index contributed by atoms with van der Waals surface area (Å²) in [6.07, 6.45) is 4.23. The van der Waals surface area contributed by atoms with Gasteiger partial charge in [0.2, 0.25) is 0 Å². The largest absolute Gasteiger partial charge is 0.481 e. The lowest BCUT2D eigenvalue weighted by atomic mass is 9.98. The number of benzene rings is 1. The highest BCUT2D eigenvalue weighted by molar-refractivity contribution is 5.81. The van der Waals surface area contributed by atoms with Crippen molar-refractivity contribution >= 4 is 5.91 Å². The fourth-order valence-corrected chi connectivity index (χ4v) is 3.81. The van der Waals surface area contributed by atoms with E-state index in [4.69, 9.17) is 9.72 Å². The van der Waals surface area contributed by atoms with Crippen LogP contribution in [0.5, 0.6) is 5.75 Å². The third kappa shape index (κ3) is 4.14. The Hall–Kier alpha value is -2.54. The number of piperidine rings is 1. The maximum Gasteiger partial charge on any atom is 0.263 e. The van der Waals surface area contributed by atoms with Crippen LogP contribution in [-0.2, 0) is 17.8 Å². The molecule has 1 N–H and O–H groups in total. The Balaban J connectivity index is 1.40. The van der Waals surface area contributed by atoms with Gasteiger partial charge in [-0.2, -0.15) is 0 Å². The zero-order valence-electron chi connectivity index (χ0n) is 16.0. The second-order valence-electron chi connectivity index (χ2n) is 7.47. The molecule has 3 heterocycles. The number of hydrogen-bond donors (Lipinski definition) is 1. The monoisotopic (exact) mass is 384 g/mol. The van der Waals surface area contributed by atoms with Crippen molar-refractivity contribution in [1.29, 1.82) is 0 Å². The molecule has 28 heavy (non-hydrogen) atoms. The molecule has 0 bridgehead atoms. The lowest BCUT2D eigenvalue weighted by Crippen LogP contribution is -2.43. The van der Waals surface area contributed by atoms with E-state index in [9.17, 15) is 9.18 Å². The molecule has 148 valence electrons. The van der Waals surface area contributed by atoms with Gasteiger partial charge in [-0.15, -0.1) is 0 Å². The Morgan fingerprint density at radius 2 is 2.18 bits per heavy atom. The van der Waals surface area contributed by atoms with E-state index in [1.54, 1.807) is 11.8 Å². The Labute approximate surface area is 164 Å². The first kappa shape index (κ1) is 18.8. The molecular weight excluding hydrogens is 359 g/mol. The number of rotatable bonds is 4. The third-order valence-electron chi connectivity index (χ3n) is 5.40. The minimum absolute atomic E-state index is 0.0875. The number of halogens is 1. The summed E-state index contributed by atoms with van der Waals surface area (Å²) in [5, 5.41) is 3.40. The highest BCUT2D eigenvalue weighted by atomic mass is 19.1. The first-order valence-electron chi connectivity index (χ1n) is 9.86. The standard InChI is InChI=1S/C21H25FN4O2/c1-14(28-18-6-4-17(22)5-7-18)21(27)26-10-8-19-16(13-26)12-24-20(25-19)15-3-2-9-23-11-15/h4-7,12,14-15,23H,2-3,8-11,13H2,1H3/t14-,15-/m0/s1. The van der Waals surface area contributed by atoms with Crippen molar-refractivity contribution in [1.82, 2.24) is 20.2 Å². The molecule has 2 aliphatic rings. The van der Waals surface area contributed by atoms with Gasteiger partial charge in [0.1, 0.15) is 17.4 Å². The van der Waals surface area contributed by atoms with Crippen LogP contribution in [0.1, 0.15) is 42.8 Å². The van der Waals surface area contributed by atoms with Crippen LogP contribution in [0.25, 0.3) is 0 Å². The second-order valence-corrected chi connectivity index (χ2v) is 7.47. The molecule has 2 atom stereocenters. The van der Waals surface area contributed by atoms with Crippen molar-refractivity contribution in [2.24, 2.45) is 0 Å². The lowest BCUT2D eigenvalue weighted by molar-refractivity contribution is -0.138. The summed E-state index contributed by atoms with van der Waals surface area (Å²) in [5.41, 5.74) is 2.05. The molecule has 6 nitrogen and oxygen atoms in total. The summed E-state index contributed by atoms with van der Waals surface area (Å²) in [6.45, 7) is 4.83. The van der Waals surface area contributed by atoms with E-state index in [0.29, 0.717) is 24.8 Å². The zero-order valence-corrected chi connectivity index (χ0v) is 16.0. The molecule has 1 saturated heterocycles. The second kappa shape index (κ2) is 8.22. The summed E-state index contributed by atoms with van der Waals surface area (Å²) < 4.78 is 18.7. The van der Waals surface area contributed by atoms with Crippen LogP contribution in [0, 0.1) is 5.82 Å². The predicted octanol–water partition coefficient (Wildman–Crippen LogP) is 2.43. The van der Waals surface area contributed by atoms with Crippen LogP contribution >= 0.6 is 0 Å². The van der Waals surface area contributed by atoms with Crippen LogP contribution in [0.2, 0.25) is 0 Å². The number of nitrogens with one attached hydrogen (secondary N) is 1. The molecule has 2 aromatic rings. The number of nitrogens with zero attached hydrogens (tertiary/aromatic N) is 3. The Morgan fingerprint density at radius 3 is 2.93 bits per heavy atom. The molecule has 0 unspecified atom stereocenters. The lowest BCUT2D eigenvalue weighted by Gasteiger charge is -2.31. The van der Waals surface area contributed by atoms with Crippen molar-refractivity contribution in [3.05, 3.63) is 53.4 Å². The van der Waals surface area contributed by atoms with Crippen molar-refractivity contribution < 1.29 is 13.9 Å². The van der Waals surface area contributed by atoms with Gasteiger partial charge >= 0.3 is 0 Å². The average molecular weight is 384 g/mol. The summed E-state index contributed by atoms with van der Waals surface area (Å²) in [4.78, 5) is 23.9. The SMILES string of the molecule is C[C@H](Oc1ccc(F)cc1)C(=O)N1CCc2nc([C@H]3CCCNC3)ncc2C1. The van der Waals surface area contributed by atoms with Crippen LogP contribution in [0.3, 0.4) is 0 Å². The molecule has 0 radical (unpaired) electrons. The third-order valence-corrected chi connectivity index (χ3v) is 5.40. The molecule has 1 fully saturated rings. The van der Waals surface area contributed by atoms with E-state index in [1.807, 2.05) is 6.20 Å². The number of carbonyl (C=O) groups excluding carboxylic acids is 1. The number of ether oxygens (including phenoxy) is 1. The minimum Gasteiger partial charge on any atom is -0.481 e. The Kier molecular flexibility index (Phi) is 5.52. The first-order valence-corrected chi connectivity index (χ1v) is 9.86. The van der Waals surface area contributed by atoms with Gasteiger partial charge in [0.25, 0.3) is 5.91 Å². The van der Waals surface area contributed by atoms with Crippen LogP contribution < -0.4 is 10.1 Å². The van der Waals surface area contributed by atoms with Gasteiger partial charge in [-0.25, -0.2) is 14.4 Å². The molecule has 0 aliphatic carbocycles. The fourth-order valence-electron chi connectivity index (χ4n) is 3.81. The topological polar surface area (TPSA) is 67.3 Å². The normalized spacial score (nSPS) is 20.4. The quantitative estimate of drug-likeness (QED) is 0.877. The van der Waals surface area contributed by atoms with Gasteiger partial charge < -0.3 is 15.0 Å². The van der Waals surface area contributed by atoms with Crippen molar-refractivity contribution in [2.75, 3.05) is 19.6 Å². The smallest absolute Gasteiger partial charge is 0.263 e. The van der Waals surface area contributed by atoms with Gasteiger partial charge in [-0.3, -0.25) is 4.79 Å². The summed E-state index contributed by atoms with van der Waals surface area (Å²) in [5.74, 6) is 1.35. The van der Waals surface area contributed by atoms with Gasteiger partial charge in [0.05, 0.1) is 5.69 Å². The molecule has 1 aromatic carbocycles. The van der Waals surface area contributed by atoms with Crippen molar-refractivity contribution in [3.8, 4) is 5.75 Å². The minimum atomic E-state index is -0.638. The Morgan fingerprint density at radius 1 is 1.36 bits per heavy atom. The van der Waals surface area contributed by atoms with Crippen molar-refractivity contribution in [3.63, 3.8) is 0 Å². The summed E-state index contributed by atoms with van der Waals surface area (Å²) in [7, 11) is 0. The number of amides is 1. The van der Waals surface area contributed by atoms with Crippen molar-refractivity contribution in [2.45, 2.75) is 44.8 Å². The molecule has 2 aliphatic heterocycles. The van der Waals surface area contributed by atoms with E-state index < -0.39 is 6.10 Å². The molecule has 7 heteroatoms. The fraction of sp³-hybridized carbons (Fsp3) is 0.476. The van der Waals surface area contributed by atoms with Crippen LogP contribution in [-0.4, -0.2) is 46.5 Å². The molecule has 0 spiro atoms. The molecule has 1 aromatic heterocycles. The highest BCUT2D eigenvalue weighted by Crippen LogP contribution is 2.24. The Bertz CT molecular complexity index is 837. The van der Waals surface area contributed by atoms with Gasteiger partial charge in [0, 0.05) is 43.7 Å². The first-order chi connectivity index (χ1) is 13.6. The van der Waals surface area contributed by atoms with Gasteiger partial charge in [-0.05, 0) is 50.6 Å². The van der Waals surface area contributed by atoms with Gasteiger partial charge in [-0.1, -0.05) is 0 Å². The maximum absolute atomic E-state index is 13.0. The van der Waals surface area contributed by atoms with Crippen LogP contribution in [0.15, 0.2) is 30.5 Å². The molecule has 1 amide bonds. The van der Waals surface area contributed by atoms with Gasteiger partial charge in [0.15, 0.2) is 6.10 Å². The van der Waals surface area contributed by atoms with Crippen LogP contribution in [0.4, 0.5) is 4.39 Å². The number of fused-ring (bicyclic) bond motifs is 1. The molecule has 0 saturated carbocycles. The molecule has 4 rings (SSSR count). The summed E-state index contributed by atoms with van der Waals surface area (Å²) in [6, 6.07) is 5.70. The van der Waals surface area contributed by atoms with E-state index in [0.717, 1.165) is 49.4 Å².